The Labute approximate surface area is 845 Å². The second-order valence-corrected chi connectivity index (χ2v) is 84.5. The summed E-state index contributed by atoms with van der Waals surface area (Å²) in [5.74, 6) is 0. The first kappa shape index (κ1) is 143. The highest BCUT2D eigenvalue weighted by Crippen LogP contribution is 2.26. The third kappa shape index (κ3) is 107. The number of rotatable bonds is 88. The maximum Gasteiger partial charge on any atom is 0.321 e. The lowest BCUT2D eigenvalue weighted by Crippen LogP contribution is -2.47. The summed E-state index contributed by atoms with van der Waals surface area (Å²) < 4.78 is 68.4. The van der Waals surface area contributed by atoms with Gasteiger partial charge in [-0.1, -0.05) is 240 Å². The number of aliphatic hydroxyl groups is 5. The van der Waals surface area contributed by atoms with Gasteiger partial charge < -0.3 is 97.3 Å². The van der Waals surface area contributed by atoms with E-state index in [2.05, 4.69) is 223 Å². The molecule has 0 aliphatic rings. The Balaban J connectivity index is -0.000000520. The molecular formula is C105H246N5O16Si8+5. The zero-order valence-corrected chi connectivity index (χ0v) is 105. The van der Waals surface area contributed by atoms with Crippen LogP contribution in [0.2, 0.25) is 148 Å². The highest BCUT2D eigenvalue weighted by molar-refractivity contribution is 6.83. The molecule has 0 bridgehead atoms. The Morgan fingerprint density at radius 1 is 0.201 bits per heavy atom. The van der Waals surface area contributed by atoms with Crippen LogP contribution in [-0.2, 0) is 49.3 Å². The fourth-order valence-electron chi connectivity index (χ4n) is 17.5. The van der Waals surface area contributed by atoms with Crippen LogP contribution >= 0.6 is 0 Å². The van der Waals surface area contributed by atoms with Gasteiger partial charge in [0, 0.05) is 70.5 Å². The molecule has 5 N–H and O–H groups in total. The van der Waals surface area contributed by atoms with Crippen LogP contribution in [0.1, 0.15) is 285 Å². The van der Waals surface area contributed by atoms with Gasteiger partial charge in [0.15, 0.2) is 25.0 Å². The van der Waals surface area contributed by atoms with Crippen molar-refractivity contribution in [3.63, 3.8) is 0 Å². The fourth-order valence-corrected chi connectivity index (χ4v) is 41.1. The van der Waals surface area contributed by atoms with Crippen LogP contribution in [0.5, 0.6) is 0 Å². The highest BCUT2D eigenvalue weighted by atomic mass is 28.4. The van der Waals surface area contributed by atoms with Crippen molar-refractivity contribution in [3.8, 4) is 0 Å². The molecule has 0 saturated carbocycles. The molecule has 134 heavy (non-hydrogen) atoms. The molecule has 0 aromatic carbocycles. The summed E-state index contributed by atoms with van der Waals surface area (Å²) in [5.41, 5.74) is 0. The third-order valence-corrected chi connectivity index (χ3v) is 49.2. The molecule has 0 aliphatic heterocycles. The van der Waals surface area contributed by atoms with E-state index in [-0.39, 0.29) is 12.2 Å². The summed E-state index contributed by atoms with van der Waals surface area (Å²) in [6.45, 7) is 67.2. The predicted molar refractivity (Wildman–Crippen MR) is 602 cm³/mol. The van der Waals surface area contributed by atoms with Crippen molar-refractivity contribution < 1.29 is 97.3 Å². The average molecular weight is 2060 g/mol. The summed E-state index contributed by atoms with van der Waals surface area (Å²) in [6, 6.07) is 5.79. The number of hydrogen-bond acceptors (Lipinski definition) is 16. The quantitative estimate of drug-likeness (QED) is 0.0218. The number of nitrogens with zero attached hydrogens (tertiary/aromatic N) is 5. The molecule has 0 fully saturated rings. The van der Waals surface area contributed by atoms with Crippen LogP contribution in [0, 0.1) is 0 Å². The Hall–Kier alpha value is 0.895. The second kappa shape index (κ2) is 82.9. The van der Waals surface area contributed by atoms with E-state index in [0.29, 0.717) is 52.9 Å². The first-order valence-corrected chi connectivity index (χ1v) is 80.5. The topological polar surface area (TPSA) is 203 Å². The van der Waals surface area contributed by atoms with Crippen molar-refractivity contribution in [2.45, 2.75) is 464 Å². The Kier molecular flexibility index (Phi) is 88.7. The average Bonchev–Trinajstić information content (AvgIpc) is 0.870. The van der Waals surface area contributed by atoms with Gasteiger partial charge in [-0.3, -0.25) is 0 Å². The molecule has 0 radical (unpaired) electrons. The highest BCUT2D eigenvalue weighted by Gasteiger charge is 2.37. The van der Waals surface area contributed by atoms with E-state index in [4.69, 9.17) is 49.3 Å². The molecule has 0 heterocycles. The lowest BCUT2D eigenvalue weighted by Gasteiger charge is -2.32. The summed E-state index contributed by atoms with van der Waals surface area (Å²) in [5, 5.41) is 51.4. The van der Waals surface area contributed by atoms with Crippen molar-refractivity contribution >= 4 is 66.8 Å². The smallest absolute Gasteiger partial charge is 0.321 e. The number of unbranched alkanes of at least 4 members (excludes halogenated alkanes) is 29. The molecule has 0 spiro atoms. The molecule has 5 unspecified atom stereocenters. The molecule has 0 amide bonds. The minimum atomic E-state index is -1.97. The third-order valence-electron chi connectivity index (χ3n) is 25.3. The first-order chi connectivity index (χ1) is 62.1. The van der Waals surface area contributed by atoms with E-state index in [1.54, 1.807) is 21.3 Å². The summed E-state index contributed by atoms with van der Waals surface area (Å²) in [7, 11) is 14.5. The number of likely N-dealkylation sites (N-methyl/N-ethyl adjacent to an activating group) is 5. The number of aliphatic hydroxyl groups excluding tert-OH is 5. The van der Waals surface area contributed by atoms with E-state index in [9.17, 15) is 25.5 Å². The molecule has 29 heteroatoms. The van der Waals surface area contributed by atoms with Gasteiger partial charge in [0.2, 0.25) is 0 Å². The molecule has 0 aromatic heterocycles. The molecule has 0 rings (SSSR count). The fraction of sp³-hybridized carbons (Fsp3) is 1.00. The SMILES string of the molecule is CCCCCCCCCCCC[N+](C)(C)CC(O)COCCC[Si](C)(C)C.CCCCCCCCCCCC[N+](C)(C)CC(O)COCCC[Si](C)(C)O[Si](C)(C)OC.CCCCCCCC[N+](C)(C)CC(O)COCCC[Si](C)(C)O[Si](C)(C)OC.CCCCCC[N+](C)(C)CC(O)COCCC[Si](C)(C)C.CCCCCC[N+](C)(C)CC(O)COCCC[Si](C)(C)O[Si](C)(C)OC. The lowest BCUT2D eigenvalue weighted by atomic mass is 10.1. The Morgan fingerprint density at radius 2 is 0.343 bits per heavy atom. The Morgan fingerprint density at radius 3 is 0.493 bits per heavy atom. The molecule has 5 atom stereocenters. The van der Waals surface area contributed by atoms with E-state index < -0.39 is 85.1 Å². The minimum absolute atomic E-state index is 0.335. The van der Waals surface area contributed by atoms with Crippen LogP contribution in [0.4, 0.5) is 0 Å². The van der Waals surface area contributed by atoms with E-state index in [1.165, 1.54) is 230 Å². The Bertz CT molecular complexity index is 2560. The number of ether oxygens (including phenoxy) is 5. The van der Waals surface area contributed by atoms with Crippen molar-refractivity contribution in [2.75, 3.05) is 223 Å². The van der Waals surface area contributed by atoms with Gasteiger partial charge in [0.25, 0.3) is 0 Å². The molecule has 0 aliphatic carbocycles. The van der Waals surface area contributed by atoms with Gasteiger partial charge in [-0.05, 0) is 193 Å². The van der Waals surface area contributed by atoms with Gasteiger partial charge in [0.1, 0.15) is 63.2 Å². The molecule has 0 aromatic rings. The van der Waals surface area contributed by atoms with Crippen molar-refractivity contribution in [3.05, 3.63) is 0 Å². The van der Waals surface area contributed by atoms with E-state index in [0.717, 1.165) is 151 Å². The standard InChI is InChI=1S/C25H58NO4Si2.C23H52NO2Si.C21H50NO4Si2.C19H46NO4Si2.C17H40NO2Si/c1-9-10-11-12-13-14-15-16-17-18-20-26(2,3)23-25(27)24-29-21-19-22-31(5,6)30-32(7,8)28-4;1-7-8-9-10-11-12-13-14-15-16-18-24(2,3)21-23(25)22-26-19-17-20-27(4,5)6;1-9-10-11-12-13-14-16-22(2,3)19-21(23)20-25-17-15-18-27(5,6)26-28(7,8)24-4;1-9-10-11-12-14-20(2,3)17-19(21)18-23-15-13-16-25(5,6)24-26(7,8)22-4;1-7-8-9-10-12-18(2,3)15-17(19)16-20-13-11-14-21(4,5)6/h25,27H,9-24H2,1-8H3;23,25H,7-22H2,1-6H3;21,23H,9-20H2,1-8H3;19,21H,9-18H2,1-8H3;17,19H,7-16H2,1-6H3/q5*+1. The summed E-state index contributed by atoms with van der Waals surface area (Å²) in [6.07, 6.45) is 49.0. The van der Waals surface area contributed by atoms with Gasteiger partial charge in [-0.25, -0.2) is 0 Å². The van der Waals surface area contributed by atoms with Crippen LogP contribution < -0.4 is 0 Å². The normalized spacial score (nSPS) is 14.3. The second-order valence-electron chi connectivity index (χ2n) is 49.1. The van der Waals surface area contributed by atoms with Gasteiger partial charge in [-0.2, -0.15) is 0 Å². The number of hydrogen-bond donors (Lipinski definition) is 5. The van der Waals surface area contributed by atoms with Crippen LogP contribution in [0.25, 0.3) is 0 Å². The van der Waals surface area contributed by atoms with Crippen molar-refractivity contribution in [1.29, 1.82) is 0 Å². The first-order valence-electron chi connectivity index (χ1n) is 55.3. The van der Waals surface area contributed by atoms with Gasteiger partial charge in [0.05, 0.1) is 136 Å². The predicted octanol–water partition coefficient (Wildman–Crippen LogP) is 24.9. The maximum absolute atomic E-state index is 10.4. The molecule has 814 valence electrons. The monoisotopic (exact) mass is 2060 g/mol. The van der Waals surface area contributed by atoms with Crippen LogP contribution in [-0.4, -0.2) is 369 Å². The maximum atomic E-state index is 10.4. The van der Waals surface area contributed by atoms with Crippen LogP contribution in [0.15, 0.2) is 0 Å². The van der Waals surface area contributed by atoms with Gasteiger partial charge in [-0.15, -0.1) is 0 Å². The van der Waals surface area contributed by atoms with E-state index >= 15 is 0 Å². The van der Waals surface area contributed by atoms with Crippen molar-refractivity contribution in [1.82, 2.24) is 0 Å². The largest absolute Gasteiger partial charge is 0.436 e. The molecular weight excluding hydrogens is 1810 g/mol. The zero-order chi connectivity index (χ0) is 103. The minimum Gasteiger partial charge on any atom is -0.436 e. The molecule has 21 nitrogen and oxygen atoms in total. The summed E-state index contributed by atoms with van der Waals surface area (Å²) >= 11 is 0. The zero-order valence-electron chi connectivity index (χ0n) is 97.1. The van der Waals surface area contributed by atoms with Crippen LogP contribution in [0.3, 0.4) is 0 Å². The van der Waals surface area contributed by atoms with Gasteiger partial charge >= 0.3 is 25.7 Å². The lowest BCUT2D eigenvalue weighted by molar-refractivity contribution is -0.893. The number of quaternary nitrogens is 5. The van der Waals surface area contributed by atoms with E-state index in [1.807, 2.05) is 0 Å². The van der Waals surface area contributed by atoms with Crippen molar-refractivity contribution in [2.24, 2.45) is 0 Å². The summed E-state index contributed by atoms with van der Waals surface area (Å²) in [4.78, 5) is 0. The molecule has 0 saturated heterocycles.